The Morgan fingerprint density at radius 1 is 1.69 bits per heavy atom. The van der Waals surface area contributed by atoms with E-state index in [-0.39, 0.29) is 0 Å². The fraction of sp³-hybridized carbons (Fsp3) is 0.444. The summed E-state index contributed by atoms with van der Waals surface area (Å²) in [6, 6.07) is 0. The number of allylic oxidation sites excluding steroid dienone is 1. The maximum atomic E-state index is 9.77. The minimum atomic E-state index is -0.591. The van der Waals surface area contributed by atoms with Gasteiger partial charge in [-0.15, -0.1) is 0 Å². The van der Waals surface area contributed by atoms with Gasteiger partial charge in [0.15, 0.2) is 0 Å². The Morgan fingerprint density at radius 2 is 2.31 bits per heavy atom. The van der Waals surface area contributed by atoms with Crippen LogP contribution in [0.2, 0.25) is 0 Å². The van der Waals surface area contributed by atoms with E-state index in [1.807, 2.05) is 20.9 Å². The summed E-state index contributed by atoms with van der Waals surface area (Å²) in [6.45, 7) is 3.90. The van der Waals surface area contributed by atoms with E-state index in [0.29, 0.717) is 0 Å². The SMILES string of the molecule is CC(C)=CC(O)c1c(Br)cnn1C. The maximum absolute atomic E-state index is 9.77. The van der Waals surface area contributed by atoms with Gasteiger partial charge in [-0.2, -0.15) is 5.10 Å². The zero-order valence-electron chi connectivity index (χ0n) is 7.95. The summed E-state index contributed by atoms with van der Waals surface area (Å²) in [5.74, 6) is 0. The molecule has 13 heavy (non-hydrogen) atoms. The number of aromatic nitrogens is 2. The standard InChI is InChI=1S/C9H13BrN2O/c1-6(2)4-8(13)9-7(10)5-11-12(9)3/h4-5,8,13H,1-3H3. The highest BCUT2D eigenvalue weighted by Crippen LogP contribution is 2.23. The predicted molar refractivity (Wildman–Crippen MR) is 55.3 cm³/mol. The highest BCUT2D eigenvalue weighted by molar-refractivity contribution is 9.10. The number of rotatable bonds is 2. The molecule has 3 nitrogen and oxygen atoms in total. The Morgan fingerprint density at radius 3 is 2.69 bits per heavy atom. The summed E-state index contributed by atoms with van der Waals surface area (Å²) in [7, 11) is 1.81. The highest BCUT2D eigenvalue weighted by Gasteiger charge is 2.13. The van der Waals surface area contributed by atoms with Crippen LogP contribution >= 0.6 is 15.9 Å². The fourth-order valence-corrected chi connectivity index (χ4v) is 1.73. The molecule has 1 aromatic rings. The lowest BCUT2D eigenvalue weighted by atomic mass is 10.2. The molecular formula is C9H13BrN2O. The minimum absolute atomic E-state index is 0.591. The first-order chi connectivity index (χ1) is 6.02. The molecule has 1 aromatic heterocycles. The Balaban J connectivity index is 3.00. The Labute approximate surface area is 86.2 Å². The van der Waals surface area contributed by atoms with E-state index < -0.39 is 6.10 Å². The van der Waals surface area contributed by atoms with Crippen LogP contribution in [0.4, 0.5) is 0 Å². The third kappa shape index (κ3) is 2.42. The first kappa shape index (κ1) is 10.5. The molecule has 0 saturated carbocycles. The van der Waals surface area contributed by atoms with Crippen molar-refractivity contribution in [1.29, 1.82) is 0 Å². The van der Waals surface area contributed by atoms with E-state index in [0.717, 1.165) is 15.7 Å². The summed E-state index contributed by atoms with van der Waals surface area (Å²) in [5, 5.41) is 13.8. The third-order valence-corrected chi connectivity index (χ3v) is 2.32. The van der Waals surface area contributed by atoms with Crippen LogP contribution in [0.25, 0.3) is 0 Å². The molecular weight excluding hydrogens is 232 g/mol. The number of aliphatic hydroxyl groups is 1. The summed E-state index contributed by atoms with van der Waals surface area (Å²) in [5.41, 5.74) is 1.86. The molecule has 0 spiro atoms. The molecule has 0 aliphatic carbocycles. The molecule has 0 bridgehead atoms. The molecule has 0 amide bonds. The van der Waals surface area contributed by atoms with Gasteiger partial charge in [-0.05, 0) is 29.8 Å². The fourth-order valence-electron chi connectivity index (χ4n) is 1.15. The van der Waals surface area contributed by atoms with Crippen LogP contribution < -0.4 is 0 Å². The van der Waals surface area contributed by atoms with Crippen molar-refractivity contribution in [3.8, 4) is 0 Å². The van der Waals surface area contributed by atoms with Crippen molar-refractivity contribution in [1.82, 2.24) is 9.78 Å². The van der Waals surface area contributed by atoms with Crippen LogP contribution in [0.15, 0.2) is 22.3 Å². The highest BCUT2D eigenvalue weighted by atomic mass is 79.9. The van der Waals surface area contributed by atoms with Gasteiger partial charge in [-0.1, -0.05) is 11.6 Å². The summed E-state index contributed by atoms with van der Waals surface area (Å²) in [4.78, 5) is 0. The molecule has 0 saturated heterocycles. The normalized spacial score (nSPS) is 12.7. The molecule has 1 unspecified atom stereocenters. The maximum Gasteiger partial charge on any atom is 0.115 e. The van der Waals surface area contributed by atoms with Gasteiger partial charge >= 0.3 is 0 Å². The van der Waals surface area contributed by atoms with Crippen molar-refractivity contribution >= 4 is 15.9 Å². The van der Waals surface area contributed by atoms with Crippen molar-refractivity contribution in [2.45, 2.75) is 20.0 Å². The average molecular weight is 245 g/mol. The van der Waals surface area contributed by atoms with Crippen molar-refractivity contribution in [3.63, 3.8) is 0 Å². The van der Waals surface area contributed by atoms with Crippen molar-refractivity contribution in [2.75, 3.05) is 0 Å². The third-order valence-electron chi connectivity index (χ3n) is 1.71. The molecule has 1 N–H and O–H groups in total. The number of hydrogen-bond acceptors (Lipinski definition) is 2. The van der Waals surface area contributed by atoms with Gasteiger partial charge in [0.1, 0.15) is 6.10 Å². The first-order valence-corrected chi connectivity index (χ1v) is 4.82. The van der Waals surface area contributed by atoms with Crippen LogP contribution in [0.3, 0.4) is 0 Å². The van der Waals surface area contributed by atoms with E-state index in [9.17, 15) is 5.11 Å². The number of hydrogen-bond donors (Lipinski definition) is 1. The molecule has 1 rings (SSSR count). The van der Waals surface area contributed by atoms with Crippen LogP contribution in [-0.2, 0) is 7.05 Å². The zero-order chi connectivity index (χ0) is 10.0. The lowest BCUT2D eigenvalue weighted by molar-refractivity contribution is 0.216. The van der Waals surface area contributed by atoms with E-state index in [2.05, 4.69) is 21.0 Å². The number of nitrogens with zero attached hydrogens (tertiary/aromatic N) is 2. The Kier molecular flexibility index (Phi) is 3.27. The topological polar surface area (TPSA) is 38.1 Å². The molecule has 0 aliphatic heterocycles. The van der Waals surface area contributed by atoms with Gasteiger partial charge < -0.3 is 5.11 Å². The van der Waals surface area contributed by atoms with Gasteiger partial charge in [0.25, 0.3) is 0 Å². The molecule has 0 aromatic carbocycles. The molecule has 72 valence electrons. The zero-order valence-corrected chi connectivity index (χ0v) is 9.54. The predicted octanol–water partition coefficient (Wildman–Crippen LogP) is 2.18. The second-order valence-corrected chi connectivity index (χ2v) is 4.04. The van der Waals surface area contributed by atoms with Crippen molar-refractivity contribution in [2.24, 2.45) is 7.05 Å². The Hall–Kier alpha value is -0.610. The van der Waals surface area contributed by atoms with Gasteiger partial charge in [0, 0.05) is 7.05 Å². The number of halogens is 1. The lowest BCUT2D eigenvalue weighted by Crippen LogP contribution is -2.03. The summed E-state index contributed by atoms with van der Waals surface area (Å²) < 4.78 is 2.49. The van der Waals surface area contributed by atoms with E-state index >= 15 is 0 Å². The number of aryl methyl sites for hydroxylation is 1. The molecule has 1 heterocycles. The smallest absolute Gasteiger partial charge is 0.115 e. The quantitative estimate of drug-likeness (QED) is 0.811. The average Bonchev–Trinajstić information content (AvgIpc) is 2.29. The molecule has 0 fully saturated rings. The van der Waals surface area contributed by atoms with Crippen LogP contribution in [-0.4, -0.2) is 14.9 Å². The lowest BCUT2D eigenvalue weighted by Gasteiger charge is -2.07. The molecule has 4 heteroatoms. The van der Waals surface area contributed by atoms with Crippen LogP contribution in [0.5, 0.6) is 0 Å². The van der Waals surface area contributed by atoms with Gasteiger partial charge in [0.05, 0.1) is 16.4 Å². The van der Waals surface area contributed by atoms with Crippen LogP contribution in [0, 0.1) is 0 Å². The molecule has 0 aliphatic rings. The minimum Gasteiger partial charge on any atom is -0.383 e. The van der Waals surface area contributed by atoms with Crippen molar-refractivity contribution < 1.29 is 5.11 Å². The van der Waals surface area contributed by atoms with Gasteiger partial charge in [0.2, 0.25) is 0 Å². The van der Waals surface area contributed by atoms with Gasteiger partial charge in [-0.25, -0.2) is 0 Å². The number of aliphatic hydroxyl groups excluding tert-OH is 1. The first-order valence-electron chi connectivity index (χ1n) is 4.03. The summed E-state index contributed by atoms with van der Waals surface area (Å²) in [6.07, 6.45) is 2.88. The second-order valence-electron chi connectivity index (χ2n) is 3.19. The summed E-state index contributed by atoms with van der Waals surface area (Å²) >= 11 is 3.34. The van der Waals surface area contributed by atoms with Gasteiger partial charge in [-0.3, -0.25) is 4.68 Å². The largest absolute Gasteiger partial charge is 0.383 e. The van der Waals surface area contributed by atoms with Crippen molar-refractivity contribution in [3.05, 3.63) is 28.0 Å². The monoisotopic (exact) mass is 244 g/mol. The molecule has 0 radical (unpaired) electrons. The van der Waals surface area contributed by atoms with E-state index in [4.69, 9.17) is 0 Å². The van der Waals surface area contributed by atoms with E-state index in [1.165, 1.54) is 0 Å². The molecule has 1 atom stereocenters. The van der Waals surface area contributed by atoms with E-state index in [1.54, 1.807) is 17.0 Å². The van der Waals surface area contributed by atoms with Crippen LogP contribution in [0.1, 0.15) is 25.6 Å². The Bertz CT molecular complexity index is 307. The second kappa shape index (κ2) is 4.07.